The third kappa shape index (κ3) is 4.58. The van der Waals surface area contributed by atoms with Crippen molar-refractivity contribution in [1.29, 1.82) is 0 Å². The fourth-order valence-electron chi connectivity index (χ4n) is 2.22. The maximum Gasteiger partial charge on any atom is 0.236 e. The van der Waals surface area contributed by atoms with E-state index in [1.807, 2.05) is 20.9 Å². The molecule has 1 fully saturated rings. The van der Waals surface area contributed by atoms with Crippen LogP contribution in [0.5, 0.6) is 0 Å². The predicted molar refractivity (Wildman–Crippen MR) is 75.6 cm³/mol. The third-order valence-corrected chi connectivity index (χ3v) is 4.19. The van der Waals surface area contributed by atoms with Crippen LogP contribution in [0.3, 0.4) is 0 Å². The number of nitrogens with zero attached hydrogens (tertiary/aromatic N) is 2. The highest BCUT2D eigenvalue weighted by atomic mass is 16.2. The molecule has 4 nitrogen and oxygen atoms in total. The number of likely N-dealkylation sites (N-methyl/N-ethyl adjacent to an activating group) is 1. The molecule has 1 saturated heterocycles. The van der Waals surface area contributed by atoms with Gasteiger partial charge < -0.3 is 15.1 Å². The summed E-state index contributed by atoms with van der Waals surface area (Å²) in [6.45, 7) is 10.1. The molecule has 1 aliphatic rings. The lowest BCUT2D eigenvalue weighted by Gasteiger charge is -2.38. The Labute approximate surface area is 112 Å². The molecule has 0 unspecified atom stereocenters. The van der Waals surface area contributed by atoms with Crippen molar-refractivity contribution in [3.63, 3.8) is 0 Å². The Morgan fingerprint density at radius 2 is 1.94 bits per heavy atom. The monoisotopic (exact) mass is 255 g/mol. The van der Waals surface area contributed by atoms with Gasteiger partial charge in [0.15, 0.2) is 0 Å². The first-order chi connectivity index (χ1) is 8.34. The summed E-state index contributed by atoms with van der Waals surface area (Å²) in [7, 11) is 4.04. The Morgan fingerprint density at radius 3 is 2.44 bits per heavy atom. The van der Waals surface area contributed by atoms with Crippen molar-refractivity contribution in [3.8, 4) is 0 Å². The van der Waals surface area contributed by atoms with Crippen LogP contribution in [0.2, 0.25) is 0 Å². The summed E-state index contributed by atoms with van der Waals surface area (Å²) < 4.78 is 0. The predicted octanol–water partition coefficient (Wildman–Crippen LogP) is 1.17. The van der Waals surface area contributed by atoms with Crippen molar-refractivity contribution in [2.75, 3.05) is 40.3 Å². The van der Waals surface area contributed by atoms with Crippen LogP contribution >= 0.6 is 0 Å². The van der Waals surface area contributed by atoms with Gasteiger partial charge in [-0.25, -0.2) is 0 Å². The molecule has 106 valence electrons. The fourth-order valence-corrected chi connectivity index (χ4v) is 2.22. The molecule has 0 atom stereocenters. The molecule has 1 amide bonds. The van der Waals surface area contributed by atoms with Gasteiger partial charge in [-0.1, -0.05) is 6.92 Å². The van der Waals surface area contributed by atoms with E-state index in [1.54, 1.807) is 4.90 Å². The molecule has 0 aromatic carbocycles. The summed E-state index contributed by atoms with van der Waals surface area (Å²) in [5.74, 6) is 0.182. The van der Waals surface area contributed by atoms with Gasteiger partial charge in [-0.2, -0.15) is 0 Å². The molecule has 0 aromatic rings. The van der Waals surface area contributed by atoms with Gasteiger partial charge in [0.25, 0.3) is 0 Å². The standard InChI is InChI=1S/C14H29N3O/c1-12(2)17(5)13(18)10-15-11-14(3)6-8-16(4)9-7-14/h12,15H,6-11H2,1-5H3. The van der Waals surface area contributed by atoms with Crippen LogP contribution in [-0.2, 0) is 4.79 Å². The molecule has 0 saturated carbocycles. The first-order valence-electron chi connectivity index (χ1n) is 6.99. The Balaban J connectivity index is 2.27. The molecule has 4 heteroatoms. The summed E-state index contributed by atoms with van der Waals surface area (Å²) in [6.07, 6.45) is 2.43. The van der Waals surface area contributed by atoms with E-state index in [-0.39, 0.29) is 11.9 Å². The minimum absolute atomic E-state index is 0.182. The zero-order chi connectivity index (χ0) is 13.8. The van der Waals surface area contributed by atoms with Crippen LogP contribution in [0.15, 0.2) is 0 Å². The van der Waals surface area contributed by atoms with Gasteiger partial charge in [0, 0.05) is 19.6 Å². The van der Waals surface area contributed by atoms with Crippen LogP contribution in [0.4, 0.5) is 0 Å². The number of hydrogen-bond donors (Lipinski definition) is 1. The first kappa shape index (κ1) is 15.4. The van der Waals surface area contributed by atoms with Gasteiger partial charge in [-0.05, 0) is 52.2 Å². The van der Waals surface area contributed by atoms with Crippen LogP contribution in [0.25, 0.3) is 0 Å². The highest BCUT2D eigenvalue weighted by Gasteiger charge is 2.28. The molecule has 1 N–H and O–H groups in total. The lowest BCUT2D eigenvalue weighted by atomic mass is 9.80. The Morgan fingerprint density at radius 1 is 1.39 bits per heavy atom. The molecular weight excluding hydrogens is 226 g/mol. The zero-order valence-electron chi connectivity index (χ0n) is 12.6. The lowest BCUT2D eigenvalue weighted by molar-refractivity contribution is -0.130. The second-order valence-corrected chi connectivity index (χ2v) is 6.32. The molecule has 18 heavy (non-hydrogen) atoms. The molecular formula is C14H29N3O. The Hall–Kier alpha value is -0.610. The van der Waals surface area contributed by atoms with Crippen molar-refractivity contribution in [2.45, 2.75) is 39.7 Å². The van der Waals surface area contributed by atoms with E-state index >= 15 is 0 Å². The van der Waals surface area contributed by atoms with E-state index < -0.39 is 0 Å². The normalized spacial score (nSPS) is 20.1. The summed E-state index contributed by atoms with van der Waals surface area (Å²) >= 11 is 0. The van der Waals surface area contributed by atoms with Crippen LogP contribution in [-0.4, -0.2) is 62.0 Å². The van der Waals surface area contributed by atoms with Crippen molar-refractivity contribution in [1.82, 2.24) is 15.1 Å². The summed E-state index contributed by atoms with van der Waals surface area (Å²) in [5.41, 5.74) is 0.350. The van der Waals surface area contributed by atoms with E-state index in [0.717, 1.165) is 19.6 Å². The van der Waals surface area contributed by atoms with Crippen LogP contribution in [0, 0.1) is 5.41 Å². The van der Waals surface area contributed by atoms with Gasteiger partial charge in [0.2, 0.25) is 5.91 Å². The van der Waals surface area contributed by atoms with E-state index in [1.165, 1.54) is 12.8 Å². The average molecular weight is 255 g/mol. The second-order valence-electron chi connectivity index (χ2n) is 6.32. The number of nitrogens with one attached hydrogen (secondary N) is 1. The summed E-state index contributed by atoms with van der Waals surface area (Å²) in [6, 6.07) is 0.276. The van der Waals surface area contributed by atoms with Crippen molar-refractivity contribution >= 4 is 5.91 Å². The quantitative estimate of drug-likeness (QED) is 0.801. The van der Waals surface area contributed by atoms with Gasteiger partial charge in [0.1, 0.15) is 0 Å². The second kappa shape index (κ2) is 6.53. The van der Waals surface area contributed by atoms with Crippen LogP contribution in [0.1, 0.15) is 33.6 Å². The Bertz CT molecular complexity index is 270. The SMILES string of the molecule is CC(C)N(C)C(=O)CNCC1(C)CCN(C)CC1. The molecule has 1 heterocycles. The minimum Gasteiger partial charge on any atom is -0.342 e. The number of hydrogen-bond acceptors (Lipinski definition) is 3. The fraction of sp³-hybridized carbons (Fsp3) is 0.929. The number of carbonyl (C=O) groups excluding carboxylic acids is 1. The van der Waals surface area contributed by atoms with E-state index in [2.05, 4.69) is 24.2 Å². The maximum absolute atomic E-state index is 11.8. The first-order valence-corrected chi connectivity index (χ1v) is 6.99. The maximum atomic E-state index is 11.8. The van der Waals surface area contributed by atoms with Gasteiger partial charge in [-0.3, -0.25) is 4.79 Å². The van der Waals surface area contributed by atoms with E-state index in [4.69, 9.17) is 0 Å². The number of amides is 1. The smallest absolute Gasteiger partial charge is 0.236 e. The Kier molecular flexibility index (Phi) is 5.60. The van der Waals surface area contributed by atoms with Gasteiger partial charge in [0.05, 0.1) is 6.54 Å². The van der Waals surface area contributed by atoms with E-state index in [9.17, 15) is 4.79 Å². The van der Waals surface area contributed by atoms with Crippen LogP contribution < -0.4 is 5.32 Å². The molecule has 0 bridgehead atoms. The molecule has 0 aliphatic carbocycles. The number of rotatable bonds is 5. The van der Waals surface area contributed by atoms with Gasteiger partial charge >= 0.3 is 0 Å². The lowest BCUT2D eigenvalue weighted by Crippen LogP contribution is -2.45. The molecule has 0 spiro atoms. The topological polar surface area (TPSA) is 35.6 Å². The summed E-state index contributed by atoms with van der Waals surface area (Å²) in [5, 5.41) is 3.34. The van der Waals surface area contributed by atoms with Crippen molar-refractivity contribution < 1.29 is 4.79 Å². The number of likely N-dealkylation sites (tertiary alicyclic amines) is 1. The number of carbonyl (C=O) groups is 1. The van der Waals surface area contributed by atoms with Crippen molar-refractivity contribution in [2.24, 2.45) is 5.41 Å². The number of piperidine rings is 1. The highest BCUT2D eigenvalue weighted by molar-refractivity contribution is 5.78. The minimum atomic E-state index is 0.182. The average Bonchev–Trinajstić information content (AvgIpc) is 2.32. The van der Waals surface area contributed by atoms with Crippen molar-refractivity contribution in [3.05, 3.63) is 0 Å². The zero-order valence-corrected chi connectivity index (χ0v) is 12.6. The van der Waals surface area contributed by atoms with Gasteiger partial charge in [-0.15, -0.1) is 0 Å². The largest absolute Gasteiger partial charge is 0.342 e. The highest BCUT2D eigenvalue weighted by Crippen LogP contribution is 2.29. The molecule has 0 aromatic heterocycles. The summed E-state index contributed by atoms with van der Waals surface area (Å²) in [4.78, 5) is 16.0. The third-order valence-electron chi connectivity index (χ3n) is 4.19. The molecule has 1 aliphatic heterocycles. The van der Waals surface area contributed by atoms with E-state index in [0.29, 0.717) is 12.0 Å². The molecule has 1 rings (SSSR count). The molecule has 0 radical (unpaired) electrons.